The lowest BCUT2D eigenvalue weighted by atomic mass is 9.44. The molecule has 7 nitrogen and oxygen atoms in total. The Hall–Kier alpha value is -1.18. The third-order valence-corrected chi connectivity index (χ3v) is 14.1. The van der Waals surface area contributed by atoms with Crippen LogP contribution in [-0.4, -0.2) is 67.4 Å². The lowest BCUT2D eigenvalue weighted by molar-refractivity contribution is -0.273. The van der Waals surface area contributed by atoms with Gasteiger partial charge in [-0.15, -0.1) is 0 Å². The molecule has 12 atom stereocenters. The summed E-state index contributed by atoms with van der Waals surface area (Å²) in [4.78, 5) is 27.3. The standard InChI is InChI=1S/C34H55N3O4/c1-21-7-12-34(40-20-21)22(2)31-28(41-34)18-27-25-6-5-23-17-24(8-10-32(23,3)26(25)9-11-33(27,31)4)36-29(38)19-30(39)37-15-13-35-14-16-37/h21-28,31,35H,5-20H2,1-4H3,(H,36,38)/t21-,22+,23-,24?,25-,26+,27+,28+,31+,32+,33+,34-/m1/s1. The molecule has 0 aromatic carbocycles. The van der Waals surface area contributed by atoms with Gasteiger partial charge in [-0.2, -0.15) is 0 Å². The molecule has 3 heterocycles. The van der Waals surface area contributed by atoms with E-state index in [0.717, 1.165) is 56.7 Å². The molecular formula is C34H55N3O4. The molecule has 7 rings (SSSR count). The summed E-state index contributed by atoms with van der Waals surface area (Å²) in [6.07, 6.45) is 12.5. The summed E-state index contributed by atoms with van der Waals surface area (Å²) in [5, 5.41) is 6.56. The molecule has 7 heteroatoms. The van der Waals surface area contributed by atoms with Gasteiger partial charge in [0.05, 0.1) is 12.7 Å². The number of hydrogen-bond donors (Lipinski definition) is 2. The average Bonchev–Trinajstić information content (AvgIpc) is 3.40. The van der Waals surface area contributed by atoms with Gasteiger partial charge < -0.3 is 25.0 Å². The van der Waals surface area contributed by atoms with E-state index in [-0.39, 0.29) is 30.1 Å². The molecule has 4 aliphatic carbocycles. The first-order chi connectivity index (χ1) is 19.6. The highest BCUT2D eigenvalue weighted by molar-refractivity contribution is 5.97. The van der Waals surface area contributed by atoms with Crippen molar-refractivity contribution < 1.29 is 19.1 Å². The Balaban J connectivity index is 0.984. The molecule has 0 radical (unpaired) electrons. The third-order valence-electron chi connectivity index (χ3n) is 14.1. The molecule has 0 aromatic rings. The molecule has 7 aliphatic rings. The van der Waals surface area contributed by atoms with Crippen LogP contribution in [0.1, 0.15) is 98.3 Å². The van der Waals surface area contributed by atoms with Gasteiger partial charge in [-0.25, -0.2) is 0 Å². The summed E-state index contributed by atoms with van der Waals surface area (Å²) in [6, 6.07) is 0.219. The van der Waals surface area contributed by atoms with E-state index in [0.29, 0.717) is 53.7 Å². The van der Waals surface area contributed by atoms with Gasteiger partial charge in [0.1, 0.15) is 6.42 Å². The van der Waals surface area contributed by atoms with Crippen molar-refractivity contribution >= 4 is 11.8 Å². The zero-order valence-corrected chi connectivity index (χ0v) is 26.1. The second kappa shape index (κ2) is 10.5. The Morgan fingerprint density at radius 2 is 1.71 bits per heavy atom. The fourth-order valence-electron chi connectivity index (χ4n) is 11.8. The van der Waals surface area contributed by atoms with Crippen molar-refractivity contribution in [2.45, 2.75) is 116 Å². The molecule has 41 heavy (non-hydrogen) atoms. The summed E-state index contributed by atoms with van der Waals surface area (Å²) in [6.45, 7) is 13.9. The van der Waals surface area contributed by atoms with Crippen molar-refractivity contribution in [1.82, 2.24) is 15.5 Å². The Bertz CT molecular complexity index is 1020. The summed E-state index contributed by atoms with van der Waals surface area (Å²) in [5.74, 6) is 4.37. The Labute approximate surface area is 247 Å². The maximum absolute atomic E-state index is 12.8. The number of fused-ring (bicyclic) bond motifs is 7. The van der Waals surface area contributed by atoms with Gasteiger partial charge in [0.25, 0.3) is 0 Å². The van der Waals surface area contributed by atoms with E-state index < -0.39 is 0 Å². The highest BCUT2D eigenvalue weighted by Gasteiger charge is 2.69. The van der Waals surface area contributed by atoms with E-state index >= 15 is 0 Å². The van der Waals surface area contributed by atoms with Crippen LogP contribution < -0.4 is 10.6 Å². The molecule has 3 saturated heterocycles. The summed E-state index contributed by atoms with van der Waals surface area (Å²) >= 11 is 0. The SMILES string of the molecule is C[C@@H]1CC[C@@]2(OC1)O[C@H]1C[C@H]3[C@@H]4CC[C@@H]5CC(NC(=O)CC(=O)N6CCNCC6)CC[C@]5(C)[C@H]4CC[C@]3(C)[C@H]1[C@@H]2C. The molecule has 4 saturated carbocycles. The molecule has 1 unspecified atom stereocenters. The fraction of sp³-hybridized carbons (Fsp3) is 0.941. The minimum absolute atomic E-state index is 0.00241. The topological polar surface area (TPSA) is 79.9 Å². The molecule has 0 bridgehead atoms. The van der Waals surface area contributed by atoms with E-state index in [1.54, 1.807) is 0 Å². The van der Waals surface area contributed by atoms with Crippen molar-refractivity contribution in [2.24, 2.45) is 52.3 Å². The van der Waals surface area contributed by atoms with Crippen LogP contribution in [0.25, 0.3) is 0 Å². The minimum Gasteiger partial charge on any atom is -0.353 e. The van der Waals surface area contributed by atoms with Crippen LogP contribution in [0, 0.1) is 52.3 Å². The van der Waals surface area contributed by atoms with Crippen molar-refractivity contribution in [1.29, 1.82) is 0 Å². The van der Waals surface area contributed by atoms with Crippen LogP contribution in [0.2, 0.25) is 0 Å². The number of nitrogens with one attached hydrogen (secondary N) is 2. The molecule has 230 valence electrons. The second-order valence-corrected chi connectivity index (χ2v) is 16.0. The van der Waals surface area contributed by atoms with Crippen LogP contribution in [0.4, 0.5) is 0 Å². The first-order valence-corrected chi connectivity index (χ1v) is 17.2. The van der Waals surface area contributed by atoms with E-state index in [4.69, 9.17) is 9.47 Å². The predicted octanol–water partition coefficient (Wildman–Crippen LogP) is 4.74. The van der Waals surface area contributed by atoms with Crippen molar-refractivity contribution in [3.63, 3.8) is 0 Å². The van der Waals surface area contributed by atoms with Crippen molar-refractivity contribution in [3.8, 4) is 0 Å². The van der Waals surface area contributed by atoms with Crippen molar-refractivity contribution in [2.75, 3.05) is 32.8 Å². The van der Waals surface area contributed by atoms with E-state index in [9.17, 15) is 9.59 Å². The average molecular weight is 570 g/mol. The van der Waals surface area contributed by atoms with Gasteiger partial charge in [0, 0.05) is 44.6 Å². The van der Waals surface area contributed by atoms with Gasteiger partial charge in [0.2, 0.25) is 11.8 Å². The third kappa shape index (κ3) is 4.61. The first kappa shape index (κ1) is 28.6. The zero-order valence-electron chi connectivity index (χ0n) is 26.1. The largest absolute Gasteiger partial charge is 0.353 e. The molecular weight excluding hydrogens is 514 g/mol. The van der Waals surface area contributed by atoms with Gasteiger partial charge in [-0.3, -0.25) is 9.59 Å². The number of ether oxygens (including phenoxy) is 2. The van der Waals surface area contributed by atoms with Gasteiger partial charge in [-0.1, -0.05) is 27.7 Å². The highest BCUT2D eigenvalue weighted by Crippen LogP contribution is 2.71. The maximum atomic E-state index is 12.8. The summed E-state index contributed by atoms with van der Waals surface area (Å²) < 4.78 is 13.5. The maximum Gasteiger partial charge on any atom is 0.232 e. The lowest BCUT2D eigenvalue weighted by Crippen LogP contribution is -2.56. The summed E-state index contributed by atoms with van der Waals surface area (Å²) in [7, 11) is 0. The minimum atomic E-state index is -0.325. The smallest absolute Gasteiger partial charge is 0.232 e. The molecule has 1 spiro atoms. The van der Waals surface area contributed by atoms with E-state index in [1.165, 1.54) is 44.9 Å². The van der Waals surface area contributed by atoms with Crippen LogP contribution in [-0.2, 0) is 19.1 Å². The molecule has 2 amide bonds. The first-order valence-electron chi connectivity index (χ1n) is 17.2. The predicted molar refractivity (Wildman–Crippen MR) is 158 cm³/mol. The number of rotatable bonds is 3. The quantitative estimate of drug-likeness (QED) is 0.480. The normalized spacial score (nSPS) is 50.9. The fourth-order valence-corrected chi connectivity index (χ4v) is 11.8. The Kier molecular flexibility index (Phi) is 7.30. The lowest BCUT2D eigenvalue weighted by Gasteiger charge is -2.61. The summed E-state index contributed by atoms with van der Waals surface area (Å²) in [5.41, 5.74) is 0.739. The van der Waals surface area contributed by atoms with Crippen LogP contribution in [0.5, 0.6) is 0 Å². The number of nitrogens with zero attached hydrogens (tertiary/aromatic N) is 1. The number of carbonyl (C=O) groups is 2. The zero-order chi connectivity index (χ0) is 28.6. The molecule has 7 fully saturated rings. The van der Waals surface area contributed by atoms with Gasteiger partial charge in [-0.05, 0) is 104 Å². The van der Waals surface area contributed by atoms with Gasteiger partial charge >= 0.3 is 0 Å². The monoisotopic (exact) mass is 569 g/mol. The Morgan fingerprint density at radius 3 is 2.46 bits per heavy atom. The van der Waals surface area contributed by atoms with E-state index in [2.05, 4.69) is 38.3 Å². The van der Waals surface area contributed by atoms with Gasteiger partial charge in [0.15, 0.2) is 5.79 Å². The number of carbonyl (C=O) groups excluding carboxylic acids is 2. The second-order valence-electron chi connectivity index (χ2n) is 16.0. The van der Waals surface area contributed by atoms with Crippen molar-refractivity contribution in [3.05, 3.63) is 0 Å². The van der Waals surface area contributed by atoms with E-state index in [1.807, 2.05) is 4.90 Å². The molecule has 3 aliphatic heterocycles. The van der Waals surface area contributed by atoms with Crippen LogP contribution >= 0.6 is 0 Å². The highest BCUT2D eigenvalue weighted by atomic mass is 16.7. The molecule has 2 N–H and O–H groups in total. The van der Waals surface area contributed by atoms with Crippen LogP contribution in [0.15, 0.2) is 0 Å². The van der Waals surface area contributed by atoms with Crippen LogP contribution in [0.3, 0.4) is 0 Å². The Morgan fingerprint density at radius 1 is 0.927 bits per heavy atom. The number of hydrogen-bond acceptors (Lipinski definition) is 5. The number of amides is 2. The molecule has 0 aromatic heterocycles. The number of piperazine rings is 1.